The molecule has 3 N–H and O–H groups in total. The maximum absolute atomic E-state index is 11.9. The van der Waals surface area contributed by atoms with Crippen LogP contribution in [0, 0.1) is 6.92 Å². The van der Waals surface area contributed by atoms with Crippen LogP contribution in [0.4, 0.5) is 11.4 Å². The molecule has 1 aromatic carbocycles. The highest BCUT2D eigenvalue weighted by Crippen LogP contribution is 2.19. The molecule has 1 heterocycles. The Labute approximate surface area is 124 Å². The van der Waals surface area contributed by atoms with Crippen molar-refractivity contribution in [3.8, 4) is 5.75 Å². The SMILES string of the molecule is Cc1ccc(NS(=O)(=O)CCOc2ccccc2N)cn1. The van der Waals surface area contributed by atoms with Crippen molar-refractivity contribution in [1.29, 1.82) is 0 Å². The van der Waals surface area contributed by atoms with Crippen molar-refractivity contribution in [2.45, 2.75) is 6.92 Å². The molecular formula is C14H17N3O3S. The van der Waals surface area contributed by atoms with E-state index in [0.717, 1.165) is 5.69 Å². The fourth-order valence-electron chi connectivity index (χ4n) is 1.63. The van der Waals surface area contributed by atoms with Crippen molar-refractivity contribution in [3.63, 3.8) is 0 Å². The molecule has 0 radical (unpaired) electrons. The van der Waals surface area contributed by atoms with Crippen LogP contribution in [0.25, 0.3) is 0 Å². The van der Waals surface area contributed by atoms with E-state index in [1.54, 1.807) is 36.4 Å². The van der Waals surface area contributed by atoms with Crippen LogP contribution < -0.4 is 15.2 Å². The average molecular weight is 307 g/mol. The van der Waals surface area contributed by atoms with Crippen molar-refractivity contribution in [2.24, 2.45) is 0 Å². The summed E-state index contributed by atoms with van der Waals surface area (Å²) in [6.45, 7) is 1.85. The second-order valence-electron chi connectivity index (χ2n) is 4.50. The molecule has 6 nitrogen and oxygen atoms in total. The van der Waals surface area contributed by atoms with Gasteiger partial charge < -0.3 is 10.5 Å². The van der Waals surface area contributed by atoms with E-state index in [2.05, 4.69) is 9.71 Å². The topological polar surface area (TPSA) is 94.3 Å². The first kappa shape index (κ1) is 15.1. The number of nitrogens with zero attached hydrogens (tertiary/aromatic N) is 1. The largest absolute Gasteiger partial charge is 0.490 e. The normalized spacial score (nSPS) is 11.1. The third-order valence-corrected chi connectivity index (χ3v) is 3.96. The highest BCUT2D eigenvalue weighted by molar-refractivity contribution is 7.92. The van der Waals surface area contributed by atoms with Crippen molar-refractivity contribution in [3.05, 3.63) is 48.3 Å². The molecule has 0 aliphatic heterocycles. The Bertz CT molecular complexity index is 700. The minimum Gasteiger partial charge on any atom is -0.490 e. The van der Waals surface area contributed by atoms with Crippen molar-refractivity contribution in [1.82, 2.24) is 4.98 Å². The Morgan fingerprint density at radius 3 is 2.67 bits per heavy atom. The molecule has 112 valence electrons. The van der Waals surface area contributed by atoms with E-state index in [1.165, 1.54) is 6.20 Å². The van der Waals surface area contributed by atoms with E-state index < -0.39 is 10.0 Å². The molecule has 7 heteroatoms. The summed E-state index contributed by atoms with van der Waals surface area (Å²) in [4.78, 5) is 4.03. The predicted molar refractivity (Wildman–Crippen MR) is 82.7 cm³/mol. The lowest BCUT2D eigenvalue weighted by atomic mass is 10.3. The maximum atomic E-state index is 11.9. The van der Waals surface area contributed by atoms with Gasteiger partial charge in [-0.2, -0.15) is 0 Å². The lowest BCUT2D eigenvalue weighted by Gasteiger charge is -2.10. The van der Waals surface area contributed by atoms with E-state index in [-0.39, 0.29) is 12.4 Å². The summed E-state index contributed by atoms with van der Waals surface area (Å²) in [6, 6.07) is 10.3. The number of rotatable bonds is 6. The summed E-state index contributed by atoms with van der Waals surface area (Å²) in [6.07, 6.45) is 1.48. The third-order valence-electron chi connectivity index (χ3n) is 2.71. The number of ether oxygens (including phenoxy) is 1. The van der Waals surface area contributed by atoms with Gasteiger partial charge in [0.2, 0.25) is 10.0 Å². The number of pyridine rings is 1. The van der Waals surface area contributed by atoms with E-state index in [0.29, 0.717) is 17.1 Å². The molecule has 2 aromatic rings. The zero-order valence-electron chi connectivity index (χ0n) is 11.6. The molecule has 0 bridgehead atoms. The molecule has 0 aliphatic carbocycles. The number of sulfonamides is 1. The zero-order valence-corrected chi connectivity index (χ0v) is 12.4. The smallest absolute Gasteiger partial charge is 0.236 e. The van der Waals surface area contributed by atoms with E-state index >= 15 is 0 Å². The van der Waals surface area contributed by atoms with Gasteiger partial charge in [0.15, 0.2) is 0 Å². The monoisotopic (exact) mass is 307 g/mol. The molecule has 0 atom stereocenters. The van der Waals surface area contributed by atoms with Gasteiger partial charge in [-0.3, -0.25) is 9.71 Å². The van der Waals surface area contributed by atoms with Crippen molar-refractivity contribution in [2.75, 3.05) is 22.8 Å². The van der Waals surface area contributed by atoms with Crippen LogP contribution in [0.5, 0.6) is 5.75 Å². The second kappa shape index (κ2) is 6.45. The second-order valence-corrected chi connectivity index (χ2v) is 6.34. The van der Waals surface area contributed by atoms with Crippen LogP contribution in [0.2, 0.25) is 0 Å². The van der Waals surface area contributed by atoms with E-state index in [4.69, 9.17) is 10.5 Å². The number of hydrogen-bond acceptors (Lipinski definition) is 5. The van der Waals surface area contributed by atoms with Gasteiger partial charge in [0, 0.05) is 5.69 Å². The van der Waals surface area contributed by atoms with Gasteiger partial charge in [-0.05, 0) is 31.2 Å². The fraction of sp³-hybridized carbons (Fsp3) is 0.214. The van der Waals surface area contributed by atoms with Crippen LogP contribution in [0.1, 0.15) is 5.69 Å². The lowest BCUT2D eigenvalue weighted by Crippen LogP contribution is -2.21. The number of anilines is 2. The van der Waals surface area contributed by atoms with Gasteiger partial charge >= 0.3 is 0 Å². The molecule has 0 saturated carbocycles. The van der Waals surface area contributed by atoms with Gasteiger partial charge in [0.05, 0.1) is 17.6 Å². The van der Waals surface area contributed by atoms with Crippen LogP contribution in [-0.2, 0) is 10.0 Å². The molecule has 1 aromatic heterocycles. The molecule has 0 unspecified atom stereocenters. The Balaban J connectivity index is 1.90. The number of nitrogens with one attached hydrogen (secondary N) is 1. The molecule has 0 spiro atoms. The number of nitrogens with two attached hydrogens (primary N) is 1. The number of aromatic nitrogens is 1. The van der Waals surface area contributed by atoms with Gasteiger partial charge in [-0.1, -0.05) is 12.1 Å². The standard InChI is InChI=1S/C14H17N3O3S/c1-11-6-7-12(10-16-11)17-21(18,19)9-8-20-14-5-3-2-4-13(14)15/h2-7,10,17H,8-9,15H2,1H3. The van der Waals surface area contributed by atoms with Gasteiger partial charge in [0.25, 0.3) is 0 Å². The number of hydrogen-bond donors (Lipinski definition) is 2. The van der Waals surface area contributed by atoms with Crippen LogP contribution >= 0.6 is 0 Å². The number of aryl methyl sites for hydroxylation is 1. The van der Waals surface area contributed by atoms with Gasteiger partial charge in [-0.15, -0.1) is 0 Å². The Hall–Kier alpha value is -2.28. The quantitative estimate of drug-likeness (QED) is 0.793. The fourth-order valence-corrected chi connectivity index (χ4v) is 2.52. The van der Waals surface area contributed by atoms with Crippen LogP contribution in [0.3, 0.4) is 0 Å². The zero-order chi connectivity index (χ0) is 15.3. The first-order valence-corrected chi connectivity index (χ1v) is 8.02. The third kappa shape index (κ3) is 4.64. The minimum atomic E-state index is -3.49. The van der Waals surface area contributed by atoms with E-state index in [9.17, 15) is 8.42 Å². The summed E-state index contributed by atoms with van der Waals surface area (Å²) in [5.41, 5.74) is 7.44. The molecule has 21 heavy (non-hydrogen) atoms. The van der Waals surface area contributed by atoms with Crippen molar-refractivity contribution >= 4 is 21.4 Å². The lowest BCUT2D eigenvalue weighted by molar-refractivity contribution is 0.343. The molecule has 0 amide bonds. The average Bonchev–Trinajstić information content (AvgIpc) is 2.43. The van der Waals surface area contributed by atoms with E-state index in [1.807, 2.05) is 6.92 Å². The maximum Gasteiger partial charge on any atom is 0.236 e. The summed E-state index contributed by atoms with van der Waals surface area (Å²) in [5, 5.41) is 0. The first-order valence-electron chi connectivity index (χ1n) is 6.37. The summed E-state index contributed by atoms with van der Waals surface area (Å²) in [7, 11) is -3.49. The molecular weight excluding hydrogens is 290 g/mol. The summed E-state index contributed by atoms with van der Waals surface area (Å²) in [5.74, 6) is 0.305. The van der Waals surface area contributed by atoms with Crippen molar-refractivity contribution < 1.29 is 13.2 Å². The Morgan fingerprint density at radius 2 is 2.00 bits per heavy atom. The van der Waals surface area contributed by atoms with Crippen LogP contribution in [0.15, 0.2) is 42.6 Å². The number of para-hydroxylation sites is 2. The predicted octanol–water partition coefficient (Wildman–Crippen LogP) is 1.79. The summed E-state index contributed by atoms with van der Waals surface area (Å²) >= 11 is 0. The number of benzene rings is 1. The highest BCUT2D eigenvalue weighted by atomic mass is 32.2. The van der Waals surface area contributed by atoms with Gasteiger partial charge in [-0.25, -0.2) is 8.42 Å². The Kier molecular flexibility index (Phi) is 4.64. The molecule has 0 fully saturated rings. The molecule has 0 saturated heterocycles. The summed E-state index contributed by atoms with van der Waals surface area (Å²) < 4.78 is 31.6. The number of nitrogen functional groups attached to an aromatic ring is 1. The van der Waals surface area contributed by atoms with Gasteiger partial charge in [0.1, 0.15) is 18.1 Å². The highest BCUT2D eigenvalue weighted by Gasteiger charge is 2.11. The van der Waals surface area contributed by atoms with Crippen LogP contribution in [-0.4, -0.2) is 25.8 Å². The first-order chi connectivity index (χ1) is 9.96. The molecule has 0 aliphatic rings. The Morgan fingerprint density at radius 1 is 1.24 bits per heavy atom. The molecule has 2 rings (SSSR count). The minimum absolute atomic E-state index is 0.0167.